The number of hydrogen-bond acceptors (Lipinski definition) is 5. The van der Waals surface area contributed by atoms with Gasteiger partial charge in [0.2, 0.25) is 0 Å². The van der Waals surface area contributed by atoms with Crippen LogP contribution in [0.3, 0.4) is 0 Å². The summed E-state index contributed by atoms with van der Waals surface area (Å²) in [5.74, 6) is 4.97. The van der Waals surface area contributed by atoms with Crippen molar-refractivity contribution in [3.63, 3.8) is 0 Å². The summed E-state index contributed by atoms with van der Waals surface area (Å²) >= 11 is 3.29. The number of hydrogen-bond donors (Lipinski definition) is 2. The van der Waals surface area contributed by atoms with Crippen molar-refractivity contribution in [1.29, 1.82) is 0 Å². The number of rotatable bonds is 6. The van der Waals surface area contributed by atoms with E-state index >= 15 is 0 Å². The van der Waals surface area contributed by atoms with E-state index in [4.69, 9.17) is 5.84 Å². The highest BCUT2D eigenvalue weighted by molar-refractivity contribution is 7.14. The smallest absolute Gasteiger partial charge is 0.275 e. The molecule has 0 aliphatic carbocycles. The maximum absolute atomic E-state index is 11.6. The standard InChI is InChI=1S/C15H21N3OS2/c1-10(7-13-5-4-6-20-13)18(3)9-12-8-14(15(19)17-16)21-11(12)2/h4-6,8,10H,7,9,16H2,1-3H3,(H,17,19). The molecule has 1 unspecified atom stereocenters. The fraction of sp³-hybridized carbons (Fsp3) is 0.400. The van der Waals surface area contributed by atoms with Gasteiger partial charge in [0.05, 0.1) is 4.88 Å². The van der Waals surface area contributed by atoms with Crippen LogP contribution in [-0.4, -0.2) is 23.9 Å². The number of thiophene rings is 2. The van der Waals surface area contributed by atoms with Gasteiger partial charge < -0.3 is 0 Å². The molecule has 21 heavy (non-hydrogen) atoms. The molecule has 2 rings (SSSR count). The Labute approximate surface area is 133 Å². The molecule has 2 aromatic heterocycles. The molecule has 0 saturated heterocycles. The second-order valence-corrected chi connectivity index (χ2v) is 7.50. The predicted octanol–water partition coefficient (Wildman–Crippen LogP) is 2.78. The fourth-order valence-electron chi connectivity index (χ4n) is 2.16. The molecule has 0 aliphatic heterocycles. The van der Waals surface area contributed by atoms with Gasteiger partial charge in [0, 0.05) is 22.3 Å². The molecular weight excluding hydrogens is 302 g/mol. The minimum absolute atomic E-state index is 0.219. The van der Waals surface area contributed by atoms with Gasteiger partial charge in [-0.05, 0) is 50.4 Å². The zero-order valence-corrected chi connectivity index (χ0v) is 14.2. The van der Waals surface area contributed by atoms with E-state index in [0.29, 0.717) is 10.9 Å². The van der Waals surface area contributed by atoms with Gasteiger partial charge in [0.25, 0.3) is 5.91 Å². The molecule has 0 aliphatic rings. The predicted molar refractivity (Wildman–Crippen MR) is 89.7 cm³/mol. The molecule has 0 fully saturated rings. The Morgan fingerprint density at radius 2 is 2.29 bits per heavy atom. The van der Waals surface area contributed by atoms with Gasteiger partial charge in [-0.1, -0.05) is 6.07 Å². The number of amides is 1. The first-order valence-corrected chi connectivity index (χ1v) is 8.53. The second-order valence-electron chi connectivity index (χ2n) is 5.21. The zero-order chi connectivity index (χ0) is 15.4. The Hall–Kier alpha value is -1.21. The molecule has 6 heteroatoms. The Balaban J connectivity index is 2.00. The van der Waals surface area contributed by atoms with Gasteiger partial charge in [-0.2, -0.15) is 0 Å². The minimum Gasteiger partial charge on any atom is -0.299 e. The summed E-state index contributed by atoms with van der Waals surface area (Å²) < 4.78 is 0. The summed E-state index contributed by atoms with van der Waals surface area (Å²) in [5.41, 5.74) is 3.38. The van der Waals surface area contributed by atoms with Crippen molar-refractivity contribution in [2.24, 2.45) is 5.84 Å². The third-order valence-corrected chi connectivity index (χ3v) is 5.61. The monoisotopic (exact) mass is 323 g/mol. The van der Waals surface area contributed by atoms with E-state index in [1.54, 1.807) is 11.3 Å². The lowest BCUT2D eigenvalue weighted by molar-refractivity contribution is 0.0957. The molecule has 2 aromatic rings. The first-order chi connectivity index (χ1) is 10.0. The van der Waals surface area contributed by atoms with Gasteiger partial charge >= 0.3 is 0 Å². The van der Waals surface area contributed by atoms with Crippen molar-refractivity contribution in [3.8, 4) is 0 Å². The quantitative estimate of drug-likeness (QED) is 0.488. The number of nitrogens with one attached hydrogen (secondary N) is 1. The summed E-state index contributed by atoms with van der Waals surface area (Å²) in [6.07, 6.45) is 1.05. The summed E-state index contributed by atoms with van der Waals surface area (Å²) in [4.78, 5) is 17.1. The topological polar surface area (TPSA) is 58.4 Å². The first-order valence-electron chi connectivity index (χ1n) is 6.84. The number of nitrogen functional groups attached to an aromatic ring is 1. The first kappa shape index (κ1) is 16.2. The largest absolute Gasteiger partial charge is 0.299 e. The van der Waals surface area contributed by atoms with Crippen LogP contribution in [0, 0.1) is 6.92 Å². The molecule has 1 atom stereocenters. The highest BCUT2D eigenvalue weighted by atomic mass is 32.1. The number of nitrogens with two attached hydrogens (primary N) is 1. The normalized spacial score (nSPS) is 12.6. The molecule has 1 amide bonds. The molecule has 3 N–H and O–H groups in total. The number of carbonyl (C=O) groups excluding carboxylic acids is 1. The van der Waals surface area contributed by atoms with Gasteiger partial charge in [-0.15, -0.1) is 22.7 Å². The molecule has 0 saturated carbocycles. The van der Waals surface area contributed by atoms with E-state index in [1.165, 1.54) is 26.7 Å². The number of aryl methyl sites for hydroxylation is 1. The van der Waals surface area contributed by atoms with Gasteiger partial charge in [0.1, 0.15) is 0 Å². The molecular formula is C15H21N3OS2. The Bertz CT molecular complexity index is 592. The average molecular weight is 323 g/mol. The van der Waals surface area contributed by atoms with Crippen molar-refractivity contribution in [3.05, 3.63) is 43.8 Å². The van der Waals surface area contributed by atoms with Crippen LogP contribution in [0.5, 0.6) is 0 Å². The van der Waals surface area contributed by atoms with E-state index in [0.717, 1.165) is 13.0 Å². The molecule has 0 aromatic carbocycles. The minimum atomic E-state index is -0.219. The maximum Gasteiger partial charge on any atom is 0.275 e. The summed E-state index contributed by atoms with van der Waals surface area (Å²) in [5, 5.41) is 2.11. The van der Waals surface area contributed by atoms with E-state index in [-0.39, 0.29) is 5.91 Å². The van der Waals surface area contributed by atoms with Crippen molar-refractivity contribution in [2.75, 3.05) is 7.05 Å². The van der Waals surface area contributed by atoms with Crippen LogP contribution in [0.15, 0.2) is 23.6 Å². The van der Waals surface area contributed by atoms with Crippen LogP contribution in [-0.2, 0) is 13.0 Å². The molecule has 4 nitrogen and oxygen atoms in total. The van der Waals surface area contributed by atoms with Crippen molar-refractivity contribution >= 4 is 28.6 Å². The van der Waals surface area contributed by atoms with E-state index in [1.807, 2.05) is 13.0 Å². The third-order valence-electron chi connectivity index (χ3n) is 3.62. The Morgan fingerprint density at radius 1 is 1.52 bits per heavy atom. The van der Waals surface area contributed by atoms with Crippen LogP contribution in [0.1, 0.15) is 31.9 Å². The second kappa shape index (κ2) is 7.17. The molecule has 114 valence electrons. The summed E-state index contributed by atoms with van der Waals surface area (Å²) in [7, 11) is 2.12. The number of nitrogens with zero attached hydrogens (tertiary/aromatic N) is 1. The Morgan fingerprint density at radius 3 is 2.90 bits per heavy atom. The highest BCUT2D eigenvalue weighted by Gasteiger charge is 2.16. The lowest BCUT2D eigenvalue weighted by Gasteiger charge is -2.24. The van der Waals surface area contributed by atoms with Crippen LogP contribution < -0.4 is 11.3 Å². The van der Waals surface area contributed by atoms with Gasteiger partial charge in [-0.3, -0.25) is 15.1 Å². The summed E-state index contributed by atoms with van der Waals surface area (Å²) in [6.45, 7) is 5.12. The zero-order valence-electron chi connectivity index (χ0n) is 12.6. The third kappa shape index (κ3) is 4.14. The van der Waals surface area contributed by atoms with Gasteiger partial charge in [0.15, 0.2) is 0 Å². The van der Waals surface area contributed by atoms with Crippen molar-refractivity contribution in [2.45, 2.75) is 32.9 Å². The number of carbonyl (C=O) groups is 1. The maximum atomic E-state index is 11.6. The molecule has 0 radical (unpaired) electrons. The van der Waals surface area contributed by atoms with E-state index in [2.05, 4.69) is 41.8 Å². The highest BCUT2D eigenvalue weighted by Crippen LogP contribution is 2.24. The lowest BCUT2D eigenvalue weighted by atomic mass is 10.1. The number of likely N-dealkylation sites (N-methyl/N-ethyl adjacent to an activating group) is 1. The summed E-state index contributed by atoms with van der Waals surface area (Å²) in [6, 6.07) is 6.66. The van der Waals surface area contributed by atoms with Crippen LogP contribution in [0.4, 0.5) is 0 Å². The van der Waals surface area contributed by atoms with Crippen LogP contribution in [0.25, 0.3) is 0 Å². The van der Waals surface area contributed by atoms with Crippen molar-refractivity contribution in [1.82, 2.24) is 10.3 Å². The fourth-order valence-corrected chi connectivity index (χ4v) is 3.92. The number of hydrazine groups is 1. The van der Waals surface area contributed by atoms with Gasteiger partial charge in [-0.25, -0.2) is 5.84 Å². The average Bonchev–Trinajstić information content (AvgIpc) is 3.08. The van der Waals surface area contributed by atoms with Crippen LogP contribution in [0.2, 0.25) is 0 Å². The van der Waals surface area contributed by atoms with E-state index < -0.39 is 0 Å². The molecule has 0 spiro atoms. The van der Waals surface area contributed by atoms with Crippen LogP contribution >= 0.6 is 22.7 Å². The molecule has 0 bridgehead atoms. The Kier molecular flexibility index (Phi) is 5.52. The molecule has 2 heterocycles. The SMILES string of the molecule is Cc1sc(C(=O)NN)cc1CN(C)C(C)Cc1cccs1. The lowest BCUT2D eigenvalue weighted by Crippen LogP contribution is -2.30. The van der Waals surface area contributed by atoms with E-state index in [9.17, 15) is 4.79 Å². The van der Waals surface area contributed by atoms with Crippen molar-refractivity contribution < 1.29 is 4.79 Å².